The molecule has 1 atom stereocenters. The molecule has 2 nitrogen and oxygen atoms in total. The number of nitrogens with one attached hydrogen (secondary N) is 1. The highest BCUT2D eigenvalue weighted by molar-refractivity contribution is 9.09. The zero-order chi connectivity index (χ0) is 13.4. The van der Waals surface area contributed by atoms with Gasteiger partial charge < -0.3 is 5.32 Å². The fourth-order valence-corrected chi connectivity index (χ4v) is 3.76. The van der Waals surface area contributed by atoms with E-state index in [2.05, 4.69) is 35.1 Å². The quantitative estimate of drug-likeness (QED) is 0.575. The Morgan fingerprint density at radius 2 is 1.72 bits per heavy atom. The maximum atomic E-state index is 12.1. The summed E-state index contributed by atoms with van der Waals surface area (Å²) in [5.41, 5.74) is 0. The van der Waals surface area contributed by atoms with Crippen LogP contribution < -0.4 is 5.32 Å². The van der Waals surface area contributed by atoms with E-state index in [1.54, 1.807) is 0 Å². The maximum absolute atomic E-state index is 12.1. The van der Waals surface area contributed by atoms with Crippen LogP contribution in [0.3, 0.4) is 0 Å². The third kappa shape index (κ3) is 5.29. The number of hydrogen-bond donors (Lipinski definition) is 1. The summed E-state index contributed by atoms with van der Waals surface area (Å²) in [4.78, 5) is 12.5. The van der Waals surface area contributed by atoms with Crippen LogP contribution in [0.25, 0.3) is 0 Å². The standard InChI is InChI=1S/C15H28BrNO/c1-3-12(4-2)14(16)11-17-15(18)13-9-7-5-6-8-10-13/h12-14H,3-11H2,1-2H3,(H,17,18). The molecule has 106 valence electrons. The van der Waals surface area contributed by atoms with Crippen molar-refractivity contribution in [3.8, 4) is 0 Å². The molecule has 0 radical (unpaired) electrons. The van der Waals surface area contributed by atoms with E-state index in [4.69, 9.17) is 0 Å². The van der Waals surface area contributed by atoms with Gasteiger partial charge in [0.25, 0.3) is 0 Å². The number of carbonyl (C=O) groups is 1. The Morgan fingerprint density at radius 3 is 2.22 bits per heavy atom. The van der Waals surface area contributed by atoms with Crippen LogP contribution in [0.1, 0.15) is 65.2 Å². The van der Waals surface area contributed by atoms with Crippen molar-refractivity contribution >= 4 is 21.8 Å². The molecule has 1 rings (SSSR count). The van der Waals surface area contributed by atoms with Crippen molar-refractivity contribution in [2.24, 2.45) is 11.8 Å². The molecular formula is C15H28BrNO. The van der Waals surface area contributed by atoms with Crippen molar-refractivity contribution in [2.45, 2.75) is 70.0 Å². The van der Waals surface area contributed by atoms with E-state index in [0.29, 0.717) is 10.7 Å². The highest BCUT2D eigenvalue weighted by Gasteiger charge is 2.21. The number of rotatable bonds is 6. The summed E-state index contributed by atoms with van der Waals surface area (Å²) in [6.45, 7) is 5.22. The third-order valence-electron chi connectivity index (χ3n) is 4.26. The third-order valence-corrected chi connectivity index (χ3v) is 5.33. The molecule has 0 saturated heterocycles. The normalized spacial score (nSPS) is 19.6. The Labute approximate surface area is 120 Å². The molecule has 3 heteroatoms. The largest absolute Gasteiger partial charge is 0.355 e. The molecule has 0 heterocycles. The summed E-state index contributed by atoms with van der Waals surface area (Å²) in [7, 11) is 0. The average molecular weight is 318 g/mol. The van der Waals surface area contributed by atoms with Gasteiger partial charge in [0.05, 0.1) is 0 Å². The predicted octanol–water partition coefficient (Wildman–Crippen LogP) is 4.27. The maximum Gasteiger partial charge on any atom is 0.223 e. The van der Waals surface area contributed by atoms with Crippen molar-refractivity contribution in [1.82, 2.24) is 5.32 Å². The minimum Gasteiger partial charge on any atom is -0.355 e. The second kappa shape index (κ2) is 8.95. The first-order valence-electron chi connectivity index (χ1n) is 7.60. The van der Waals surface area contributed by atoms with Crippen LogP contribution >= 0.6 is 15.9 Å². The van der Waals surface area contributed by atoms with Gasteiger partial charge in [0.1, 0.15) is 0 Å². The first-order chi connectivity index (χ1) is 8.69. The topological polar surface area (TPSA) is 29.1 Å². The Balaban J connectivity index is 2.30. The van der Waals surface area contributed by atoms with Gasteiger partial charge in [-0.1, -0.05) is 68.3 Å². The van der Waals surface area contributed by atoms with Crippen LogP contribution in [-0.2, 0) is 4.79 Å². The minimum absolute atomic E-state index is 0.272. The first kappa shape index (κ1) is 16.0. The molecule has 1 unspecified atom stereocenters. The molecule has 1 aliphatic carbocycles. The van der Waals surface area contributed by atoms with E-state index >= 15 is 0 Å². The first-order valence-corrected chi connectivity index (χ1v) is 8.52. The van der Waals surface area contributed by atoms with Crippen LogP contribution in [0.5, 0.6) is 0 Å². The van der Waals surface area contributed by atoms with Crippen LogP contribution in [0.4, 0.5) is 0 Å². The lowest BCUT2D eigenvalue weighted by Gasteiger charge is -2.21. The summed E-state index contributed by atoms with van der Waals surface area (Å²) in [6, 6.07) is 0. The van der Waals surface area contributed by atoms with Gasteiger partial charge in [0, 0.05) is 17.3 Å². The van der Waals surface area contributed by atoms with Gasteiger partial charge in [0.2, 0.25) is 5.91 Å². The molecule has 18 heavy (non-hydrogen) atoms. The van der Waals surface area contributed by atoms with Crippen LogP contribution in [-0.4, -0.2) is 17.3 Å². The summed E-state index contributed by atoms with van der Waals surface area (Å²) < 4.78 is 0. The fraction of sp³-hybridized carbons (Fsp3) is 0.933. The van der Waals surface area contributed by atoms with Crippen molar-refractivity contribution in [3.63, 3.8) is 0 Å². The minimum atomic E-state index is 0.272. The van der Waals surface area contributed by atoms with Crippen LogP contribution in [0.2, 0.25) is 0 Å². The Hall–Kier alpha value is -0.0500. The number of carbonyl (C=O) groups excluding carboxylic acids is 1. The van der Waals surface area contributed by atoms with Gasteiger partial charge >= 0.3 is 0 Å². The van der Waals surface area contributed by atoms with Gasteiger partial charge in [-0.2, -0.15) is 0 Å². The fourth-order valence-electron chi connectivity index (χ4n) is 2.85. The van der Waals surface area contributed by atoms with Crippen LogP contribution in [0, 0.1) is 11.8 Å². The lowest BCUT2D eigenvalue weighted by atomic mass is 9.97. The van der Waals surface area contributed by atoms with Gasteiger partial charge in [0.15, 0.2) is 0 Å². The summed E-state index contributed by atoms with van der Waals surface area (Å²) in [5.74, 6) is 1.22. The number of halogens is 1. The molecule has 1 saturated carbocycles. The number of alkyl halides is 1. The average Bonchev–Trinajstić information content (AvgIpc) is 2.66. The molecule has 1 amide bonds. The molecule has 0 aliphatic heterocycles. The SMILES string of the molecule is CCC(CC)C(Br)CNC(=O)C1CCCCCC1. The molecule has 0 aromatic carbocycles. The molecule has 1 aliphatic rings. The Kier molecular flexibility index (Phi) is 7.96. The highest BCUT2D eigenvalue weighted by atomic mass is 79.9. The molecular weight excluding hydrogens is 290 g/mol. The molecule has 1 N–H and O–H groups in total. The number of hydrogen-bond acceptors (Lipinski definition) is 1. The van der Waals surface area contributed by atoms with Crippen molar-refractivity contribution in [3.05, 3.63) is 0 Å². The van der Waals surface area contributed by atoms with E-state index in [0.717, 1.165) is 19.4 Å². The van der Waals surface area contributed by atoms with Crippen molar-refractivity contribution in [2.75, 3.05) is 6.54 Å². The predicted molar refractivity (Wildman–Crippen MR) is 81.0 cm³/mol. The van der Waals surface area contributed by atoms with Crippen molar-refractivity contribution < 1.29 is 4.79 Å². The summed E-state index contributed by atoms with van der Waals surface area (Å²) in [6.07, 6.45) is 9.58. The Bertz CT molecular complexity index is 233. The monoisotopic (exact) mass is 317 g/mol. The number of amides is 1. The lowest BCUT2D eigenvalue weighted by Crippen LogP contribution is -2.36. The molecule has 1 fully saturated rings. The molecule has 0 aromatic heterocycles. The smallest absolute Gasteiger partial charge is 0.223 e. The van der Waals surface area contributed by atoms with Gasteiger partial charge in [-0.3, -0.25) is 4.79 Å². The lowest BCUT2D eigenvalue weighted by molar-refractivity contribution is -0.125. The van der Waals surface area contributed by atoms with Crippen LogP contribution in [0.15, 0.2) is 0 Å². The summed E-state index contributed by atoms with van der Waals surface area (Å²) in [5, 5.41) is 3.14. The summed E-state index contributed by atoms with van der Waals surface area (Å²) >= 11 is 3.72. The Morgan fingerprint density at radius 1 is 1.17 bits per heavy atom. The zero-order valence-corrected chi connectivity index (χ0v) is 13.5. The highest BCUT2D eigenvalue weighted by Crippen LogP contribution is 2.23. The van der Waals surface area contributed by atoms with E-state index in [1.807, 2.05) is 0 Å². The molecule has 0 spiro atoms. The van der Waals surface area contributed by atoms with E-state index in [1.165, 1.54) is 38.5 Å². The second-order valence-corrected chi connectivity index (χ2v) is 6.70. The molecule has 0 bridgehead atoms. The zero-order valence-electron chi connectivity index (χ0n) is 11.9. The second-order valence-electron chi connectivity index (χ2n) is 5.53. The van der Waals surface area contributed by atoms with Gasteiger partial charge in [-0.15, -0.1) is 0 Å². The van der Waals surface area contributed by atoms with E-state index < -0.39 is 0 Å². The molecule has 0 aromatic rings. The van der Waals surface area contributed by atoms with E-state index in [9.17, 15) is 4.79 Å². The van der Waals surface area contributed by atoms with E-state index in [-0.39, 0.29) is 11.8 Å². The van der Waals surface area contributed by atoms with Gasteiger partial charge in [-0.25, -0.2) is 0 Å². The van der Waals surface area contributed by atoms with Gasteiger partial charge in [-0.05, 0) is 18.8 Å². The van der Waals surface area contributed by atoms with Crippen molar-refractivity contribution in [1.29, 1.82) is 0 Å².